The van der Waals surface area contributed by atoms with Crippen LogP contribution in [0, 0.1) is 15.9 Å². The highest BCUT2D eigenvalue weighted by atomic mass is 19.1. The predicted molar refractivity (Wildman–Crippen MR) is 71.3 cm³/mol. The molecule has 2 aliphatic rings. The van der Waals surface area contributed by atoms with Gasteiger partial charge < -0.3 is 15.4 Å². The smallest absolute Gasteiger partial charge is 0.293 e. The molecule has 1 aromatic carbocycles. The maximum Gasteiger partial charge on any atom is 0.293 e. The molecule has 2 saturated heterocycles. The third-order valence-electron chi connectivity index (χ3n) is 3.91. The van der Waals surface area contributed by atoms with Gasteiger partial charge in [-0.25, -0.2) is 4.39 Å². The van der Waals surface area contributed by atoms with Gasteiger partial charge in [0.15, 0.2) is 0 Å². The van der Waals surface area contributed by atoms with Crippen LogP contribution in [0.25, 0.3) is 0 Å². The van der Waals surface area contributed by atoms with Crippen LogP contribution in [0.2, 0.25) is 0 Å². The number of hydrogen-bond acceptors (Lipinski definition) is 5. The molecule has 2 unspecified atom stereocenters. The van der Waals surface area contributed by atoms with Gasteiger partial charge in [0.1, 0.15) is 17.1 Å². The zero-order valence-corrected chi connectivity index (χ0v) is 11.1. The molecule has 1 amide bonds. The number of fused-ring (bicyclic) bond motifs is 2. The number of benzene rings is 1. The number of hydrogen-bond donors (Lipinski definition) is 1. The first-order valence-corrected chi connectivity index (χ1v) is 6.64. The van der Waals surface area contributed by atoms with Gasteiger partial charge in [-0.2, -0.15) is 0 Å². The van der Waals surface area contributed by atoms with Crippen LogP contribution < -0.4 is 5.73 Å². The number of halogens is 1. The monoisotopic (exact) mass is 295 g/mol. The highest BCUT2D eigenvalue weighted by Gasteiger charge is 2.37. The van der Waals surface area contributed by atoms with Gasteiger partial charge in [0, 0.05) is 19.2 Å². The van der Waals surface area contributed by atoms with Crippen LogP contribution in [0.15, 0.2) is 12.1 Å². The van der Waals surface area contributed by atoms with Crippen molar-refractivity contribution in [2.75, 3.05) is 18.8 Å². The van der Waals surface area contributed by atoms with Gasteiger partial charge in [-0.15, -0.1) is 0 Å². The van der Waals surface area contributed by atoms with E-state index >= 15 is 0 Å². The summed E-state index contributed by atoms with van der Waals surface area (Å²) in [6, 6.07) is 1.86. The minimum Gasteiger partial charge on any atom is -0.392 e. The average molecular weight is 295 g/mol. The van der Waals surface area contributed by atoms with Crippen LogP contribution >= 0.6 is 0 Å². The van der Waals surface area contributed by atoms with Crippen molar-refractivity contribution in [1.29, 1.82) is 0 Å². The van der Waals surface area contributed by atoms with E-state index in [0.717, 1.165) is 25.0 Å². The molecule has 7 nitrogen and oxygen atoms in total. The zero-order chi connectivity index (χ0) is 15.1. The van der Waals surface area contributed by atoms with Crippen LogP contribution in [0.3, 0.4) is 0 Å². The number of nitro benzene ring substituents is 1. The van der Waals surface area contributed by atoms with Gasteiger partial charge in [0.05, 0.1) is 17.1 Å². The Morgan fingerprint density at radius 1 is 1.38 bits per heavy atom. The number of amides is 1. The maximum absolute atomic E-state index is 13.9. The topological polar surface area (TPSA) is 98.7 Å². The molecular weight excluding hydrogens is 281 g/mol. The largest absolute Gasteiger partial charge is 0.392 e. The van der Waals surface area contributed by atoms with Gasteiger partial charge in [-0.1, -0.05) is 0 Å². The Hall–Kier alpha value is -2.22. The molecular formula is C13H14FN3O4. The summed E-state index contributed by atoms with van der Waals surface area (Å²) in [5.41, 5.74) is 4.30. The third-order valence-corrected chi connectivity index (χ3v) is 3.91. The van der Waals surface area contributed by atoms with Crippen molar-refractivity contribution in [1.82, 2.24) is 4.90 Å². The van der Waals surface area contributed by atoms with Crippen LogP contribution in [0.4, 0.5) is 15.8 Å². The maximum atomic E-state index is 13.9. The molecule has 2 atom stereocenters. The molecule has 0 spiro atoms. The fourth-order valence-electron chi connectivity index (χ4n) is 2.90. The van der Waals surface area contributed by atoms with Gasteiger partial charge in [-0.3, -0.25) is 14.9 Å². The minimum absolute atomic E-state index is 0.0457. The number of anilines is 1. The zero-order valence-electron chi connectivity index (χ0n) is 11.1. The van der Waals surface area contributed by atoms with E-state index in [-0.39, 0.29) is 12.2 Å². The van der Waals surface area contributed by atoms with Crippen LogP contribution in [0.5, 0.6) is 0 Å². The van der Waals surface area contributed by atoms with Gasteiger partial charge in [0.25, 0.3) is 11.6 Å². The van der Waals surface area contributed by atoms with E-state index < -0.39 is 33.6 Å². The number of likely N-dealkylation sites (tertiary alicyclic amines) is 1. The van der Waals surface area contributed by atoms with E-state index in [1.54, 1.807) is 0 Å². The van der Waals surface area contributed by atoms with Gasteiger partial charge in [0.2, 0.25) is 0 Å². The molecule has 0 aliphatic carbocycles. The van der Waals surface area contributed by atoms with Crippen molar-refractivity contribution < 1.29 is 18.8 Å². The van der Waals surface area contributed by atoms with Crippen molar-refractivity contribution in [3.05, 3.63) is 33.6 Å². The fourth-order valence-corrected chi connectivity index (χ4v) is 2.90. The Morgan fingerprint density at radius 2 is 2.00 bits per heavy atom. The molecule has 3 rings (SSSR count). The summed E-state index contributed by atoms with van der Waals surface area (Å²) in [5.74, 6) is -1.46. The van der Waals surface area contributed by atoms with Crippen molar-refractivity contribution in [3.8, 4) is 0 Å². The molecule has 2 N–H and O–H groups in total. The SMILES string of the molecule is Nc1c([N+](=O)[O-])ccc(F)c1C(=O)N1CC2CCC(C1)O2. The van der Waals surface area contributed by atoms with Gasteiger partial charge in [-0.05, 0) is 18.9 Å². The first-order valence-electron chi connectivity index (χ1n) is 6.64. The van der Waals surface area contributed by atoms with E-state index in [1.165, 1.54) is 4.90 Å². The number of ether oxygens (including phenoxy) is 1. The molecule has 21 heavy (non-hydrogen) atoms. The Balaban J connectivity index is 1.94. The Morgan fingerprint density at radius 3 is 2.57 bits per heavy atom. The summed E-state index contributed by atoms with van der Waals surface area (Å²) >= 11 is 0. The summed E-state index contributed by atoms with van der Waals surface area (Å²) in [6.45, 7) is 0.716. The number of rotatable bonds is 2. The molecule has 2 fully saturated rings. The van der Waals surface area contributed by atoms with E-state index in [9.17, 15) is 19.3 Å². The molecule has 1 aromatic rings. The molecule has 112 valence electrons. The molecule has 8 heteroatoms. The summed E-state index contributed by atoms with van der Waals surface area (Å²) in [4.78, 5) is 24.1. The summed E-state index contributed by atoms with van der Waals surface area (Å²) in [7, 11) is 0. The quantitative estimate of drug-likeness (QED) is 0.504. The molecule has 2 aliphatic heterocycles. The number of morpholine rings is 1. The third kappa shape index (κ3) is 2.31. The second-order valence-electron chi connectivity index (χ2n) is 5.28. The second-order valence-corrected chi connectivity index (χ2v) is 5.28. The van der Waals surface area contributed by atoms with Crippen molar-refractivity contribution in [2.45, 2.75) is 25.0 Å². The minimum atomic E-state index is -0.845. The Labute approximate surface area is 119 Å². The Bertz CT molecular complexity index is 610. The number of nitrogen functional groups attached to an aromatic ring is 1. The molecule has 0 radical (unpaired) electrons. The standard InChI is InChI=1S/C13H14FN3O4/c14-9-3-4-10(17(19)20)12(15)11(9)13(18)16-5-7-1-2-8(6-16)21-7/h3-4,7-8H,1-2,5-6,15H2. The summed E-state index contributed by atoms with van der Waals surface area (Å²) in [5, 5.41) is 10.9. The van der Waals surface area contributed by atoms with Gasteiger partial charge >= 0.3 is 0 Å². The molecule has 0 saturated carbocycles. The lowest BCUT2D eigenvalue weighted by atomic mass is 10.1. The first kappa shape index (κ1) is 13.7. The van der Waals surface area contributed by atoms with E-state index in [1.807, 2.05) is 0 Å². The number of nitrogens with two attached hydrogens (primary N) is 1. The van der Waals surface area contributed by atoms with Crippen molar-refractivity contribution in [3.63, 3.8) is 0 Å². The lowest BCUT2D eigenvalue weighted by Gasteiger charge is -2.32. The lowest BCUT2D eigenvalue weighted by Crippen LogP contribution is -2.46. The molecule has 2 heterocycles. The highest BCUT2D eigenvalue weighted by molar-refractivity contribution is 6.01. The van der Waals surface area contributed by atoms with E-state index in [0.29, 0.717) is 13.1 Å². The van der Waals surface area contributed by atoms with Crippen LogP contribution in [0.1, 0.15) is 23.2 Å². The summed E-state index contributed by atoms with van der Waals surface area (Å²) < 4.78 is 19.5. The first-order chi connectivity index (χ1) is 9.97. The predicted octanol–water partition coefficient (Wildman–Crippen LogP) is 1.32. The Kier molecular flexibility index (Phi) is 3.25. The average Bonchev–Trinajstić information content (AvgIpc) is 2.76. The van der Waals surface area contributed by atoms with E-state index in [2.05, 4.69) is 0 Å². The van der Waals surface area contributed by atoms with Crippen molar-refractivity contribution in [2.24, 2.45) is 0 Å². The summed E-state index contributed by atoms with van der Waals surface area (Å²) in [6.07, 6.45) is 1.63. The number of carbonyl (C=O) groups is 1. The molecule has 2 bridgehead atoms. The number of nitrogens with zero attached hydrogens (tertiary/aromatic N) is 2. The van der Waals surface area contributed by atoms with Crippen molar-refractivity contribution >= 4 is 17.3 Å². The van der Waals surface area contributed by atoms with Crippen LogP contribution in [-0.2, 0) is 4.74 Å². The lowest BCUT2D eigenvalue weighted by molar-refractivity contribution is -0.384. The number of nitro groups is 1. The number of carbonyl (C=O) groups excluding carboxylic acids is 1. The second kappa shape index (κ2) is 4.96. The van der Waals surface area contributed by atoms with E-state index in [4.69, 9.17) is 10.5 Å². The molecule has 0 aromatic heterocycles. The highest BCUT2D eigenvalue weighted by Crippen LogP contribution is 2.31. The van der Waals surface area contributed by atoms with Crippen LogP contribution in [-0.4, -0.2) is 41.0 Å². The normalized spacial score (nSPS) is 24.1. The fraction of sp³-hybridized carbons (Fsp3) is 0.462.